The summed E-state index contributed by atoms with van der Waals surface area (Å²) in [6, 6.07) is 4.66. The smallest absolute Gasteiger partial charge is 0.319 e. The fraction of sp³-hybridized carbons (Fsp3) is 0.333. The topological polar surface area (TPSA) is 114 Å². The number of hydrogen-bond acceptors (Lipinski definition) is 5. The summed E-state index contributed by atoms with van der Waals surface area (Å²) in [6.45, 7) is 14.7. The Balaban J connectivity index is 1.55. The van der Waals surface area contributed by atoms with Crippen LogP contribution in [0.1, 0.15) is 48.0 Å². The molecule has 2 aromatic rings. The summed E-state index contributed by atoms with van der Waals surface area (Å²) in [6.07, 6.45) is 8.85. The summed E-state index contributed by atoms with van der Waals surface area (Å²) in [5.41, 5.74) is 3.62. The van der Waals surface area contributed by atoms with Crippen molar-refractivity contribution in [1.29, 1.82) is 0 Å². The molecule has 0 saturated carbocycles. The number of carbonyl (C=O) groups excluding carboxylic acids is 3. The molecule has 0 bridgehead atoms. The zero-order valence-electron chi connectivity index (χ0n) is 23.7. The minimum absolute atomic E-state index is 0.179. The van der Waals surface area contributed by atoms with Gasteiger partial charge in [-0.2, -0.15) is 5.10 Å². The quantitative estimate of drug-likeness (QED) is 0.326. The molecule has 4 amide bonds. The lowest BCUT2D eigenvalue weighted by Gasteiger charge is -2.34. The fourth-order valence-electron chi connectivity index (χ4n) is 5.07. The second-order valence-electron chi connectivity index (χ2n) is 10.7. The van der Waals surface area contributed by atoms with Gasteiger partial charge in [0.2, 0.25) is 5.91 Å². The lowest BCUT2D eigenvalue weighted by atomic mass is 10.0. The number of rotatable bonds is 9. The van der Waals surface area contributed by atoms with E-state index < -0.39 is 5.54 Å². The zero-order chi connectivity index (χ0) is 29.2. The van der Waals surface area contributed by atoms with Gasteiger partial charge < -0.3 is 20.4 Å². The van der Waals surface area contributed by atoms with E-state index >= 15 is 0 Å². The molecule has 0 radical (unpaired) electrons. The van der Waals surface area contributed by atoms with E-state index in [9.17, 15) is 14.4 Å². The van der Waals surface area contributed by atoms with Gasteiger partial charge in [-0.15, -0.1) is 0 Å². The molecule has 0 saturated heterocycles. The van der Waals surface area contributed by atoms with Crippen molar-refractivity contribution >= 4 is 29.4 Å². The molecular weight excluding hydrogens is 506 g/mol. The van der Waals surface area contributed by atoms with Crippen LogP contribution in [0.25, 0.3) is 0 Å². The molecule has 1 aromatic carbocycles. The molecular formula is C30H37N7O3. The first-order chi connectivity index (χ1) is 19.0. The van der Waals surface area contributed by atoms with Crippen molar-refractivity contribution in [2.45, 2.75) is 45.4 Å². The normalized spacial score (nSPS) is 16.5. The molecule has 2 aliphatic heterocycles. The van der Waals surface area contributed by atoms with Gasteiger partial charge in [-0.3, -0.25) is 19.6 Å². The Hall–Kier alpha value is -4.44. The van der Waals surface area contributed by atoms with Gasteiger partial charge in [0, 0.05) is 23.4 Å². The van der Waals surface area contributed by atoms with Crippen LogP contribution in [0, 0.1) is 0 Å². The van der Waals surface area contributed by atoms with Crippen molar-refractivity contribution in [2.24, 2.45) is 0 Å². The molecule has 3 N–H and O–H groups in total. The Kier molecular flexibility index (Phi) is 8.11. The third kappa shape index (κ3) is 5.48. The van der Waals surface area contributed by atoms with Crippen molar-refractivity contribution < 1.29 is 14.4 Å². The number of fused-ring (bicyclic) bond motifs is 2. The number of likely N-dealkylation sites (N-methyl/N-ethyl adjacent to an activating group) is 1. The Bertz CT molecular complexity index is 1420. The van der Waals surface area contributed by atoms with E-state index in [1.165, 1.54) is 6.08 Å². The summed E-state index contributed by atoms with van der Waals surface area (Å²) >= 11 is 0. The first-order valence-corrected chi connectivity index (χ1v) is 13.1. The van der Waals surface area contributed by atoms with Crippen LogP contribution in [0.2, 0.25) is 0 Å². The highest BCUT2D eigenvalue weighted by Crippen LogP contribution is 2.43. The van der Waals surface area contributed by atoms with E-state index in [0.29, 0.717) is 30.2 Å². The second-order valence-corrected chi connectivity index (χ2v) is 10.7. The van der Waals surface area contributed by atoms with Crippen LogP contribution < -0.4 is 15.5 Å². The summed E-state index contributed by atoms with van der Waals surface area (Å²) < 4.78 is 0. The minimum atomic E-state index is -0.687. The van der Waals surface area contributed by atoms with Crippen LogP contribution in [-0.4, -0.2) is 64.5 Å². The lowest BCUT2D eigenvalue weighted by Crippen LogP contribution is -2.51. The summed E-state index contributed by atoms with van der Waals surface area (Å²) in [5.74, 6) is -0.00118. The molecule has 0 fully saturated rings. The molecule has 40 heavy (non-hydrogen) atoms. The van der Waals surface area contributed by atoms with Crippen LogP contribution in [0.5, 0.6) is 0 Å². The minimum Gasteiger partial charge on any atom is -0.330 e. The zero-order valence-corrected chi connectivity index (χ0v) is 23.7. The Morgan fingerprint density at radius 1 is 1.25 bits per heavy atom. The molecule has 2 aliphatic rings. The number of amides is 4. The predicted molar refractivity (Wildman–Crippen MR) is 157 cm³/mol. The van der Waals surface area contributed by atoms with E-state index in [-0.39, 0.29) is 30.4 Å². The molecule has 3 heterocycles. The van der Waals surface area contributed by atoms with Gasteiger partial charge in [0.25, 0.3) is 5.91 Å². The van der Waals surface area contributed by atoms with Gasteiger partial charge in [-0.25, -0.2) is 4.79 Å². The number of benzene rings is 1. The van der Waals surface area contributed by atoms with Crippen molar-refractivity contribution in [3.05, 3.63) is 89.7 Å². The molecule has 4 rings (SSSR count). The Morgan fingerprint density at radius 3 is 2.67 bits per heavy atom. The third-order valence-electron chi connectivity index (χ3n) is 7.22. The van der Waals surface area contributed by atoms with E-state index in [1.54, 1.807) is 28.0 Å². The fourth-order valence-corrected chi connectivity index (χ4v) is 5.07. The number of allylic oxidation sites excluding steroid dienone is 3. The largest absolute Gasteiger partial charge is 0.330 e. The maximum Gasteiger partial charge on any atom is 0.319 e. The van der Waals surface area contributed by atoms with Gasteiger partial charge in [0.15, 0.2) is 5.82 Å². The van der Waals surface area contributed by atoms with Crippen LogP contribution in [0.15, 0.2) is 67.3 Å². The highest BCUT2D eigenvalue weighted by atomic mass is 16.2. The van der Waals surface area contributed by atoms with E-state index in [4.69, 9.17) is 0 Å². The number of carbonyl (C=O) groups is 3. The Labute approximate surface area is 235 Å². The first-order valence-electron chi connectivity index (χ1n) is 13.1. The number of anilines is 2. The highest BCUT2D eigenvalue weighted by Gasteiger charge is 2.46. The van der Waals surface area contributed by atoms with E-state index in [1.807, 2.05) is 64.1 Å². The number of H-pyrrole nitrogens is 1. The third-order valence-corrected chi connectivity index (χ3v) is 7.22. The molecule has 0 spiro atoms. The average Bonchev–Trinajstić information content (AvgIpc) is 3.54. The predicted octanol–water partition coefficient (Wildman–Crippen LogP) is 4.07. The average molecular weight is 544 g/mol. The lowest BCUT2D eigenvalue weighted by molar-refractivity contribution is -0.111. The van der Waals surface area contributed by atoms with Crippen molar-refractivity contribution in [3.8, 4) is 0 Å². The standard InChI is InChI=1S/C30H37N7O3/c1-8-10-11-12-19(3)24(18-35(6)7)32-29(40)37-17-23-26(30(37,4)5)33-34-27(23)36-16-20-15-21(31-25(38)9-2)13-14-22(20)28(36)39/h8-15,24H,2-3,16-18H2,1,4-7H3,(H,31,38)(H,32,40)(H,33,34)/b10-8-,12-11-/t24-/m1/s1. The van der Waals surface area contributed by atoms with Crippen LogP contribution in [0.3, 0.4) is 0 Å². The molecule has 10 heteroatoms. The van der Waals surface area contributed by atoms with Gasteiger partial charge >= 0.3 is 6.03 Å². The summed E-state index contributed by atoms with van der Waals surface area (Å²) in [7, 11) is 3.90. The van der Waals surface area contributed by atoms with Gasteiger partial charge in [0.1, 0.15) is 0 Å². The van der Waals surface area contributed by atoms with Crippen LogP contribution in [0.4, 0.5) is 16.3 Å². The maximum absolute atomic E-state index is 13.6. The first kappa shape index (κ1) is 28.6. The van der Waals surface area contributed by atoms with Gasteiger partial charge in [-0.1, -0.05) is 37.5 Å². The molecule has 10 nitrogen and oxygen atoms in total. The number of hydrogen-bond donors (Lipinski definition) is 3. The van der Waals surface area contributed by atoms with Crippen LogP contribution >= 0.6 is 0 Å². The maximum atomic E-state index is 13.6. The van der Waals surface area contributed by atoms with E-state index in [0.717, 1.165) is 22.4 Å². The van der Waals surface area contributed by atoms with Crippen LogP contribution in [-0.2, 0) is 23.4 Å². The second kappa shape index (κ2) is 11.4. The molecule has 210 valence electrons. The van der Waals surface area contributed by atoms with E-state index in [2.05, 4.69) is 34.0 Å². The number of aromatic nitrogens is 2. The molecule has 0 unspecified atom stereocenters. The highest BCUT2D eigenvalue weighted by molar-refractivity contribution is 6.10. The number of aromatic amines is 1. The summed E-state index contributed by atoms with van der Waals surface area (Å²) in [4.78, 5) is 44.1. The molecule has 0 aliphatic carbocycles. The number of nitrogens with one attached hydrogen (secondary N) is 3. The summed E-state index contributed by atoms with van der Waals surface area (Å²) in [5, 5.41) is 13.5. The monoisotopic (exact) mass is 543 g/mol. The van der Waals surface area contributed by atoms with Crippen molar-refractivity contribution in [1.82, 2.24) is 25.3 Å². The van der Waals surface area contributed by atoms with Crippen molar-refractivity contribution in [2.75, 3.05) is 30.9 Å². The molecule has 1 aromatic heterocycles. The number of nitrogens with zero attached hydrogens (tertiary/aromatic N) is 4. The number of urea groups is 1. The SMILES string of the molecule is C=CC(=O)Nc1ccc2c(c1)CN(c1n[nH]c3c1CN(C(=O)N[C@H](CN(C)C)C(=C)/C=C\C=C/C)C3(C)C)C2=O. The molecule has 1 atom stereocenters. The van der Waals surface area contributed by atoms with Crippen molar-refractivity contribution in [3.63, 3.8) is 0 Å². The van der Waals surface area contributed by atoms with Gasteiger partial charge in [-0.05, 0) is 70.3 Å². The van der Waals surface area contributed by atoms with Gasteiger partial charge in [0.05, 0.1) is 30.4 Å². The Morgan fingerprint density at radius 2 is 2.00 bits per heavy atom.